The summed E-state index contributed by atoms with van der Waals surface area (Å²) < 4.78 is 85.4. The number of phenolic OH excluding ortho intramolecular Hbond substituents is 1. The first-order valence-corrected chi connectivity index (χ1v) is 26.4. The molecule has 7 rings (SSSR count). The molecule has 0 saturated carbocycles. The van der Waals surface area contributed by atoms with Crippen molar-refractivity contribution in [1.29, 1.82) is 5.26 Å². The van der Waals surface area contributed by atoms with E-state index in [1.165, 1.54) is 66.9 Å². The van der Waals surface area contributed by atoms with Gasteiger partial charge in [0, 0.05) is 54.0 Å². The topological polar surface area (TPSA) is 241 Å². The van der Waals surface area contributed by atoms with Gasteiger partial charge in [-0.1, -0.05) is 52.0 Å². The Labute approximate surface area is 421 Å². The first-order chi connectivity index (χ1) is 34.0. The predicted octanol–water partition coefficient (Wildman–Crippen LogP) is 10.4. The van der Waals surface area contributed by atoms with Crippen molar-refractivity contribution in [2.75, 3.05) is 47.1 Å². The molecule has 72 heavy (non-hydrogen) atoms. The largest absolute Gasteiger partial charge is 0.505 e. The zero-order valence-electron chi connectivity index (χ0n) is 41.0. The molecule has 0 saturated heterocycles. The van der Waals surface area contributed by atoms with Gasteiger partial charge in [0.15, 0.2) is 0 Å². The third-order valence-electron chi connectivity index (χ3n) is 11.3. The number of nitrogens with zero attached hydrogens (tertiary/aromatic N) is 5. The molecule has 0 aliphatic carbocycles. The average Bonchev–Trinajstić information content (AvgIpc) is 3.77. The maximum Gasteiger partial charge on any atom is 0.316 e. The molecule has 1 heterocycles. The summed E-state index contributed by atoms with van der Waals surface area (Å²) in [6.07, 6.45) is 0.115. The van der Waals surface area contributed by atoms with Crippen LogP contribution in [0.25, 0.3) is 10.8 Å². The van der Waals surface area contributed by atoms with Crippen molar-refractivity contribution in [2.45, 2.75) is 64.7 Å². The van der Waals surface area contributed by atoms with Crippen LogP contribution in [-0.2, 0) is 40.9 Å². The van der Waals surface area contributed by atoms with Crippen molar-refractivity contribution in [3.63, 3.8) is 0 Å². The second-order valence-electron chi connectivity index (χ2n) is 18.1. The van der Waals surface area contributed by atoms with E-state index in [2.05, 4.69) is 31.1 Å². The minimum absolute atomic E-state index is 0.0107. The summed E-state index contributed by atoms with van der Waals surface area (Å²) in [5, 5.41) is 34.4. The number of ether oxygens (including phenoxy) is 1. The number of allylic oxidation sites excluding steroid dienone is 1. The van der Waals surface area contributed by atoms with Gasteiger partial charge in [-0.2, -0.15) is 9.47 Å². The number of amides is 1. The molecule has 376 valence electrons. The lowest BCUT2D eigenvalue weighted by Crippen LogP contribution is -2.24. The lowest BCUT2D eigenvalue weighted by molar-refractivity contribution is -0.115. The predicted molar refractivity (Wildman–Crippen MR) is 278 cm³/mol. The number of rotatable bonds is 17. The van der Waals surface area contributed by atoms with Gasteiger partial charge >= 0.3 is 11.3 Å². The Morgan fingerprint density at radius 2 is 1.62 bits per heavy atom. The van der Waals surface area contributed by atoms with Crippen LogP contribution in [0.2, 0.25) is 0 Å². The summed E-state index contributed by atoms with van der Waals surface area (Å²) in [7, 11) is -5.04. The minimum atomic E-state index is -4.39. The Kier molecular flexibility index (Phi) is 15.3. The Morgan fingerprint density at radius 1 is 0.889 bits per heavy atom. The molecule has 0 fully saturated rings. The average molecular weight is 1040 g/mol. The van der Waals surface area contributed by atoms with Gasteiger partial charge in [-0.3, -0.25) is 14.2 Å². The van der Waals surface area contributed by atoms with Crippen LogP contribution in [0.4, 0.5) is 34.1 Å². The van der Waals surface area contributed by atoms with Gasteiger partial charge in [0.05, 0.1) is 44.6 Å². The molecule has 6 aromatic carbocycles. The van der Waals surface area contributed by atoms with Crippen LogP contribution in [0, 0.1) is 37.5 Å². The van der Waals surface area contributed by atoms with Crippen LogP contribution in [0.5, 0.6) is 17.2 Å². The molecule has 18 nitrogen and oxygen atoms in total. The van der Waals surface area contributed by atoms with E-state index in [0.29, 0.717) is 23.5 Å². The molecule has 0 radical (unpaired) electrons. The van der Waals surface area contributed by atoms with Gasteiger partial charge in [0.25, 0.3) is 10.0 Å². The number of nitriles is 1. The Bertz CT molecular complexity index is 3480. The number of benzene rings is 6. The summed E-state index contributed by atoms with van der Waals surface area (Å²) in [6, 6.07) is 28.4. The van der Waals surface area contributed by atoms with Crippen LogP contribution in [0.1, 0.15) is 56.4 Å². The molecular formula is C51H54N8O10S3. The number of hydroxylamine groups is 1. The number of azo groups is 1. The van der Waals surface area contributed by atoms with Gasteiger partial charge in [0.2, 0.25) is 15.9 Å². The number of aryl methyl sites for hydroxylation is 3. The minimum Gasteiger partial charge on any atom is -0.505 e. The number of carbonyl (C=O) groups excluding carboxylic acids is 1. The molecule has 6 aromatic rings. The summed E-state index contributed by atoms with van der Waals surface area (Å²) >= 11 is -2.19. The smallest absolute Gasteiger partial charge is 0.316 e. The quantitative estimate of drug-likeness (QED) is 0.0493. The molecule has 0 aromatic heterocycles. The van der Waals surface area contributed by atoms with E-state index in [1.807, 2.05) is 41.5 Å². The van der Waals surface area contributed by atoms with Crippen molar-refractivity contribution in [2.24, 2.45) is 15.6 Å². The molecule has 1 aliphatic rings. The first-order valence-electron chi connectivity index (χ1n) is 22.4. The number of aromatic hydroxyl groups is 1. The zero-order chi connectivity index (χ0) is 52.3. The highest BCUT2D eigenvalue weighted by Crippen LogP contribution is 2.44. The van der Waals surface area contributed by atoms with Gasteiger partial charge in [-0.25, -0.2) is 26.2 Å². The number of anilines is 4. The van der Waals surface area contributed by atoms with Crippen LogP contribution in [0.15, 0.2) is 134 Å². The van der Waals surface area contributed by atoms with Crippen molar-refractivity contribution >= 4 is 82.1 Å². The second kappa shape index (κ2) is 21.1. The number of carbonyl (C=O) groups is 1. The third-order valence-corrected chi connectivity index (χ3v) is 15.2. The maximum absolute atomic E-state index is 14.0. The van der Waals surface area contributed by atoms with Crippen molar-refractivity contribution < 1.29 is 44.7 Å². The van der Waals surface area contributed by atoms with Crippen molar-refractivity contribution in [3.05, 3.63) is 137 Å². The van der Waals surface area contributed by atoms with E-state index < -0.39 is 37.2 Å². The Hall–Kier alpha value is -7.51. The second-order valence-corrected chi connectivity index (χ2v) is 22.7. The fourth-order valence-electron chi connectivity index (χ4n) is 7.67. The summed E-state index contributed by atoms with van der Waals surface area (Å²) in [6.45, 7) is 13.8. The maximum atomic E-state index is 14.0. The van der Waals surface area contributed by atoms with E-state index in [-0.39, 0.29) is 78.8 Å². The van der Waals surface area contributed by atoms with Gasteiger partial charge in [0.1, 0.15) is 41.4 Å². The Balaban J connectivity index is 1.05. The highest BCUT2D eigenvalue weighted by molar-refractivity contribution is 7.92. The molecule has 1 amide bonds. The molecule has 4 N–H and O–H groups in total. The van der Waals surface area contributed by atoms with E-state index in [9.17, 15) is 36.2 Å². The van der Waals surface area contributed by atoms with Gasteiger partial charge in [-0.05, 0) is 110 Å². The summed E-state index contributed by atoms with van der Waals surface area (Å²) in [4.78, 5) is 18.7. The lowest BCUT2D eigenvalue weighted by atomic mass is 9.91. The van der Waals surface area contributed by atoms with E-state index >= 15 is 0 Å². The lowest BCUT2D eigenvalue weighted by Gasteiger charge is -2.25. The zero-order valence-corrected chi connectivity index (χ0v) is 43.5. The van der Waals surface area contributed by atoms with Crippen LogP contribution in [-0.4, -0.2) is 63.6 Å². The Morgan fingerprint density at radius 3 is 2.31 bits per heavy atom. The molecule has 1 atom stereocenters. The molecule has 1 unspecified atom stereocenters. The number of nitrogens with one attached hydrogen (secondary N) is 3. The molecular weight excluding hydrogens is 981 g/mol. The van der Waals surface area contributed by atoms with Crippen LogP contribution in [0.3, 0.4) is 0 Å². The van der Waals surface area contributed by atoms with Gasteiger partial charge < -0.3 is 24.2 Å². The number of sulfonamides is 2. The summed E-state index contributed by atoms with van der Waals surface area (Å²) in [5.41, 5.74) is 4.56. The van der Waals surface area contributed by atoms with Gasteiger partial charge in [-0.15, -0.1) is 10.2 Å². The number of fused-ring (bicyclic) bond motifs is 1. The summed E-state index contributed by atoms with van der Waals surface area (Å²) in [5.74, 6) is 0.533. The fraction of sp³-hybridized carbons (Fsp3) is 0.255. The highest BCUT2D eigenvalue weighted by atomic mass is 32.2. The molecule has 0 spiro atoms. The number of hydrogen-bond donors (Lipinski definition) is 4. The highest BCUT2D eigenvalue weighted by Gasteiger charge is 2.34. The number of hydrogen-bond acceptors (Lipinski definition) is 14. The fourth-order valence-corrected chi connectivity index (χ4v) is 10.4. The van der Waals surface area contributed by atoms with Crippen molar-refractivity contribution in [3.8, 4) is 23.3 Å². The standard InChI is InChI=1S/C51H54N8O10S3/c1-10-47(60)53-44-27-43(55-54-41-20-17-31(2)23-34(41)28-52)48-40(49(44)61)15-12-16-42(48)57-71(63,64)38-14-11-13-37(26-38)69-70(62)56-36-18-22-46(33(4)24-36)67-30-35-29-59(68-50(35)51(5,6)7)45-21-19-39(25-32(45)3)72(65,66)58(8)9/h11-27,56-57,61H,10,29-30H2,1-9H3,(H,53,60). The van der Waals surface area contributed by atoms with E-state index in [4.69, 9.17) is 13.8 Å². The third kappa shape index (κ3) is 11.6. The van der Waals surface area contributed by atoms with Crippen LogP contribution >= 0.6 is 0 Å². The number of phenols is 1. The molecule has 1 aliphatic heterocycles. The van der Waals surface area contributed by atoms with Crippen molar-refractivity contribution in [1.82, 2.24) is 4.31 Å². The molecule has 0 bridgehead atoms. The normalized spacial score (nSPS) is 13.5. The first kappa shape index (κ1) is 52.3. The van der Waals surface area contributed by atoms with E-state index in [0.717, 1.165) is 28.1 Å². The SMILES string of the molecule is CCC(=O)Nc1cc(N=Nc2ccc(C)cc2C#N)c2c(NS(=O)(=O)c3cccc(OS(=O)Nc4ccc(OCC5=C(C(C)(C)C)ON(c6ccc(S(=O)(=O)N(C)C)cc6C)C5)c(C)c4)c3)cccc2c1O. The van der Waals surface area contributed by atoms with Crippen LogP contribution < -0.4 is 28.7 Å². The molecule has 21 heteroatoms. The van der Waals surface area contributed by atoms with E-state index in [1.54, 1.807) is 66.6 Å². The monoisotopic (exact) mass is 1030 g/mol.